The summed E-state index contributed by atoms with van der Waals surface area (Å²) in [5.74, 6) is 0. The standard InChI is InChI=1S/C16H21BrN2S/c1-12(16-8-15(17)11-20-16)18-9-13-6-4-5-7-14(13)10-19(2)3/h4-8,11-12,18H,9-10H2,1-3H3. The topological polar surface area (TPSA) is 15.3 Å². The summed E-state index contributed by atoms with van der Waals surface area (Å²) in [5.41, 5.74) is 2.77. The number of thiophene rings is 1. The van der Waals surface area contributed by atoms with Crippen LogP contribution >= 0.6 is 27.3 Å². The maximum Gasteiger partial charge on any atom is 0.0389 e. The highest BCUT2D eigenvalue weighted by Gasteiger charge is 2.09. The Labute approximate surface area is 133 Å². The molecule has 0 spiro atoms. The molecule has 4 heteroatoms. The lowest BCUT2D eigenvalue weighted by atomic mass is 10.1. The highest BCUT2D eigenvalue weighted by molar-refractivity contribution is 9.10. The van der Waals surface area contributed by atoms with Crippen molar-refractivity contribution in [2.75, 3.05) is 14.1 Å². The summed E-state index contributed by atoms with van der Waals surface area (Å²) in [6.07, 6.45) is 0. The molecule has 0 radical (unpaired) electrons. The predicted molar refractivity (Wildman–Crippen MR) is 91.1 cm³/mol. The Bertz CT molecular complexity index is 551. The van der Waals surface area contributed by atoms with Crippen molar-refractivity contribution in [2.45, 2.75) is 26.1 Å². The van der Waals surface area contributed by atoms with Gasteiger partial charge in [0.05, 0.1) is 0 Å². The molecule has 0 fully saturated rings. The van der Waals surface area contributed by atoms with Crippen molar-refractivity contribution in [1.82, 2.24) is 10.2 Å². The van der Waals surface area contributed by atoms with Gasteiger partial charge in [0.25, 0.3) is 0 Å². The molecule has 2 aromatic rings. The average Bonchev–Trinajstić information content (AvgIpc) is 2.83. The van der Waals surface area contributed by atoms with Crippen molar-refractivity contribution in [3.63, 3.8) is 0 Å². The van der Waals surface area contributed by atoms with Gasteiger partial charge in [-0.1, -0.05) is 24.3 Å². The maximum atomic E-state index is 3.61. The van der Waals surface area contributed by atoms with Gasteiger partial charge in [-0.3, -0.25) is 0 Å². The fourth-order valence-corrected chi connectivity index (χ4v) is 3.62. The van der Waals surface area contributed by atoms with Crippen LogP contribution in [0.2, 0.25) is 0 Å². The van der Waals surface area contributed by atoms with E-state index in [2.05, 4.69) is 82.9 Å². The summed E-state index contributed by atoms with van der Waals surface area (Å²) >= 11 is 5.30. The van der Waals surface area contributed by atoms with Crippen molar-refractivity contribution in [3.8, 4) is 0 Å². The smallest absolute Gasteiger partial charge is 0.0389 e. The highest BCUT2D eigenvalue weighted by Crippen LogP contribution is 2.25. The molecule has 0 aliphatic rings. The minimum absolute atomic E-state index is 0.374. The molecule has 0 aliphatic carbocycles. The van der Waals surface area contributed by atoms with Crippen LogP contribution in [-0.4, -0.2) is 19.0 Å². The summed E-state index contributed by atoms with van der Waals surface area (Å²) < 4.78 is 1.17. The Balaban J connectivity index is 2.00. The van der Waals surface area contributed by atoms with Gasteiger partial charge >= 0.3 is 0 Å². The van der Waals surface area contributed by atoms with Gasteiger partial charge in [0.2, 0.25) is 0 Å². The molecule has 1 aromatic heterocycles. The summed E-state index contributed by atoms with van der Waals surface area (Å²) in [6.45, 7) is 4.10. The SMILES string of the molecule is CC(NCc1ccccc1CN(C)C)c1cc(Br)cs1. The molecule has 0 bridgehead atoms. The molecule has 20 heavy (non-hydrogen) atoms. The number of halogens is 1. The molecule has 108 valence electrons. The van der Waals surface area contributed by atoms with E-state index in [4.69, 9.17) is 0 Å². The van der Waals surface area contributed by atoms with E-state index in [0.29, 0.717) is 6.04 Å². The second-order valence-corrected chi connectivity index (χ2v) is 7.13. The number of hydrogen-bond donors (Lipinski definition) is 1. The highest BCUT2D eigenvalue weighted by atomic mass is 79.9. The monoisotopic (exact) mass is 352 g/mol. The zero-order chi connectivity index (χ0) is 14.5. The van der Waals surface area contributed by atoms with Crippen LogP contribution in [0.15, 0.2) is 40.2 Å². The Morgan fingerprint density at radius 2 is 1.95 bits per heavy atom. The minimum Gasteiger partial charge on any atom is -0.305 e. The van der Waals surface area contributed by atoms with Crippen LogP contribution in [0, 0.1) is 0 Å². The molecule has 2 nitrogen and oxygen atoms in total. The van der Waals surface area contributed by atoms with E-state index < -0.39 is 0 Å². The van der Waals surface area contributed by atoms with Crippen LogP contribution in [0.5, 0.6) is 0 Å². The van der Waals surface area contributed by atoms with Crippen molar-refractivity contribution in [3.05, 3.63) is 56.2 Å². The first-order valence-electron chi connectivity index (χ1n) is 6.75. The third-order valence-corrected chi connectivity index (χ3v) is 5.09. The van der Waals surface area contributed by atoms with Gasteiger partial charge in [0.15, 0.2) is 0 Å². The fourth-order valence-electron chi connectivity index (χ4n) is 2.14. The van der Waals surface area contributed by atoms with Gasteiger partial charge in [-0.2, -0.15) is 0 Å². The average molecular weight is 353 g/mol. The summed E-state index contributed by atoms with van der Waals surface area (Å²) in [7, 11) is 4.21. The van der Waals surface area contributed by atoms with Gasteiger partial charge in [0, 0.05) is 33.9 Å². The maximum absolute atomic E-state index is 3.61. The number of benzene rings is 1. The van der Waals surface area contributed by atoms with Gasteiger partial charge in [-0.25, -0.2) is 0 Å². The summed E-state index contributed by atoms with van der Waals surface area (Å²) in [4.78, 5) is 3.57. The van der Waals surface area contributed by atoms with E-state index in [9.17, 15) is 0 Å². The largest absolute Gasteiger partial charge is 0.305 e. The molecule has 1 atom stereocenters. The predicted octanol–water partition coefficient (Wildman–Crippen LogP) is 4.42. The first kappa shape index (κ1) is 15.7. The van der Waals surface area contributed by atoms with Crippen molar-refractivity contribution >= 4 is 27.3 Å². The lowest BCUT2D eigenvalue weighted by molar-refractivity contribution is 0.400. The van der Waals surface area contributed by atoms with E-state index in [1.165, 1.54) is 20.5 Å². The lowest BCUT2D eigenvalue weighted by Crippen LogP contribution is -2.19. The van der Waals surface area contributed by atoms with E-state index >= 15 is 0 Å². The third-order valence-electron chi connectivity index (χ3n) is 3.22. The number of rotatable bonds is 6. The minimum atomic E-state index is 0.374. The molecule has 0 saturated heterocycles. The van der Waals surface area contributed by atoms with Gasteiger partial charge in [-0.05, 0) is 54.1 Å². The quantitative estimate of drug-likeness (QED) is 0.827. The van der Waals surface area contributed by atoms with E-state index in [1.807, 2.05) is 0 Å². The van der Waals surface area contributed by atoms with Gasteiger partial charge in [0.1, 0.15) is 0 Å². The molecular formula is C16H21BrN2S. The molecule has 0 amide bonds. The van der Waals surface area contributed by atoms with Crippen LogP contribution in [0.1, 0.15) is 29.0 Å². The van der Waals surface area contributed by atoms with Crippen LogP contribution < -0.4 is 5.32 Å². The number of nitrogens with one attached hydrogen (secondary N) is 1. The van der Waals surface area contributed by atoms with Crippen molar-refractivity contribution in [1.29, 1.82) is 0 Å². The van der Waals surface area contributed by atoms with Crippen LogP contribution in [0.3, 0.4) is 0 Å². The lowest BCUT2D eigenvalue weighted by Gasteiger charge is -2.17. The molecule has 1 unspecified atom stereocenters. The molecule has 2 rings (SSSR count). The Hall–Kier alpha value is -0.680. The molecule has 0 aliphatic heterocycles. The molecule has 1 heterocycles. The zero-order valence-electron chi connectivity index (χ0n) is 12.2. The van der Waals surface area contributed by atoms with Crippen LogP contribution in [0.4, 0.5) is 0 Å². The summed E-state index contributed by atoms with van der Waals surface area (Å²) in [5, 5.41) is 5.75. The second kappa shape index (κ2) is 7.36. The number of hydrogen-bond acceptors (Lipinski definition) is 3. The van der Waals surface area contributed by atoms with Gasteiger partial charge in [-0.15, -0.1) is 11.3 Å². The fraction of sp³-hybridized carbons (Fsp3) is 0.375. The molecule has 1 aromatic carbocycles. The van der Waals surface area contributed by atoms with E-state index in [1.54, 1.807) is 11.3 Å². The molecule has 0 saturated carbocycles. The normalized spacial score (nSPS) is 12.8. The molecular weight excluding hydrogens is 332 g/mol. The Morgan fingerprint density at radius 3 is 2.55 bits per heavy atom. The first-order chi connectivity index (χ1) is 9.56. The van der Waals surface area contributed by atoms with Crippen LogP contribution in [-0.2, 0) is 13.1 Å². The van der Waals surface area contributed by atoms with E-state index in [0.717, 1.165) is 13.1 Å². The zero-order valence-corrected chi connectivity index (χ0v) is 14.6. The van der Waals surface area contributed by atoms with E-state index in [-0.39, 0.29) is 0 Å². The Kier molecular flexibility index (Phi) is 5.78. The first-order valence-corrected chi connectivity index (χ1v) is 8.42. The van der Waals surface area contributed by atoms with Crippen molar-refractivity contribution in [2.24, 2.45) is 0 Å². The summed E-state index contributed by atoms with van der Waals surface area (Å²) in [6, 6.07) is 11.2. The third kappa shape index (κ3) is 4.42. The second-order valence-electron chi connectivity index (χ2n) is 5.28. The Morgan fingerprint density at radius 1 is 1.25 bits per heavy atom. The molecule has 1 N–H and O–H groups in total. The van der Waals surface area contributed by atoms with Gasteiger partial charge < -0.3 is 10.2 Å². The number of nitrogens with zero attached hydrogens (tertiary/aromatic N) is 1. The van der Waals surface area contributed by atoms with Crippen molar-refractivity contribution < 1.29 is 0 Å². The van der Waals surface area contributed by atoms with Crippen LogP contribution in [0.25, 0.3) is 0 Å².